The molecular formula is C15H22N4O. The van der Waals surface area contributed by atoms with E-state index in [1.807, 2.05) is 49.0 Å². The van der Waals surface area contributed by atoms with Gasteiger partial charge >= 0.3 is 0 Å². The van der Waals surface area contributed by atoms with Crippen LogP contribution in [0.4, 0.5) is 0 Å². The summed E-state index contributed by atoms with van der Waals surface area (Å²) < 4.78 is 7.44. The predicted octanol–water partition coefficient (Wildman–Crippen LogP) is 2.07. The Morgan fingerprint density at radius 2 is 2.05 bits per heavy atom. The number of nitrogens with zero attached hydrogens (tertiary/aromatic N) is 2. The maximum absolute atomic E-state index is 5.71. The molecule has 3 N–H and O–H groups in total. The molecule has 0 radical (unpaired) electrons. The lowest BCUT2D eigenvalue weighted by Gasteiger charge is -2.17. The number of aryl methyl sites for hydroxylation is 2. The lowest BCUT2D eigenvalue weighted by Crippen LogP contribution is -2.30. The number of aromatic nitrogens is 2. The van der Waals surface area contributed by atoms with Gasteiger partial charge in [-0.05, 0) is 37.1 Å². The Bertz CT molecular complexity index is 548. The third kappa shape index (κ3) is 3.18. The maximum Gasteiger partial charge on any atom is 0.119 e. The second kappa shape index (κ2) is 6.54. The van der Waals surface area contributed by atoms with Crippen molar-refractivity contribution in [1.82, 2.24) is 15.2 Å². The SMILES string of the molecule is CCCOc1ccc(C(NN)c2cc(C)nn2C)cc1. The van der Waals surface area contributed by atoms with Crippen molar-refractivity contribution in [2.24, 2.45) is 12.9 Å². The van der Waals surface area contributed by atoms with Crippen LogP contribution in [-0.2, 0) is 7.05 Å². The maximum atomic E-state index is 5.71. The number of nitrogens with two attached hydrogens (primary N) is 1. The second-order valence-electron chi connectivity index (χ2n) is 4.85. The molecule has 2 rings (SSSR count). The Balaban J connectivity index is 2.21. The molecule has 108 valence electrons. The summed E-state index contributed by atoms with van der Waals surface area (Å²) in [5.74, 6) is 6.59. The fourth-order valence-corrected chi connectivity index (χ4v) is 2.23. The van der Waals surface area contributed by atoms with E-state index in [-0.39, 0.29) is 6.04 Å². The Morgan fingerprint density at radius 1 is 1.35 bits per heavy atom. The van der Waals surface area contributed by atoms with E-state index in [9.17, 15) is 0 Å². The first kappa shape index (κ1) is 14.6. The van der Waals surface area contributed by atoms with Crippen LogP contribution in [0.5, 0.6) is 5.75 Å². The van der Waals surface area contributed by atoms with Crippen LogP contribution in [-0.4, -0.2) is 16.4 Å². The summed E-state index contributed by atoms with van der Waals surface area (Å²) in [6.07, 6.45) is 1.00. The molecule has 0 aliphatic carbocycles. The summed E-state index contributed by atoms with van der Waals surface area (Å²) in [5.41, 5.74) is 5.94. The minimum absolute atomic E-state index is 0.0820. The quantitative estimate of drug-likeness (QED) is 0.625. The zero-order chi connectivity index (χ0) is 14.5. The van der Waals surface area contributed by atoms with Gasteiger partial charge in [-0.2, -0.15) is 5.10 Å². The number of rotatable bonds is 6. The van der Waals surface area contributed by atoms with E-state index in [0.29, 0.717) is 0 Å². The van der Waals surface area contributed by atoms with Crippen molar-refractivity contribution in [3.63, 3.8) is 0 Å². The minimum Gasteiger partial charge on any atom is -0.494 e. The third-order valence-corrected chi connectivity index (χ3v) is 3.19. The molecule has 0 amide bonds. The number of hydrogen-bond donors (Lipinski definition) is 2. The van der Waals surface area contributed by atoms with Gasteiger partial charge in [-0.3, -0.25) is 10.5 Å². The molecule has 0 saturated heterocycles. The first-order valence-electron chi connectivity index (χ1n) is 6.85. The molecule has 1 atom stereocenters. The van der Waals surface area contributed by atoms with Gasteiger partial charge in [0.25, 0.3) is 0 Å². The summed E-state index contributed by atoms with van der Waals surface area (Å²) in [6.45, 7) is 4.80. The molecule has 5 nitrogen and oxygen atoms in total. The van der Waals surface area contributed by atoms with Crippen LogP contribution >= 0.6 is 0 Å². The van der Waals surface area contributed by atoms with Crippen LogP contribution in [0.2, 0.25) is 0 Å². The molecule has 1 aromatic carbocycles. The standard InChI is InChI=1S/C15H22N4O/c1-4-9-20-13-7-5-12(6-8-13)15(17-16)14-10-11(2)18-19(14)3/h5-8,10,15,17H,4,9,16H2,1-3H3. The van der Waals surface area contributed by atoms with E-state index in [2.05, 4.69) is 17.4 Å². The summed E-state index contributed by atoms with van der Waals surface area (Å²) in [7, 11) is 1.92. The number of benzene rings is 1. The van der Waals surface area contributed by atoms with Crippen LogP contribution in [0.25, 0.3) is 0 Å². The Labute approximate surface area is 119 Å². The van der Waals surface area contributed by atoms with Gasteiger partial charge in [0.2, 0.25) is 0 Å². The molecule has 0 bridgehead atoms. The molecule has 0 spiro atoms. The van der Waals surface area contributed by atoms with Crippen molar-refractivity contribution >= 4 is 0 Å². The van der Waals surface area contributed by atoms with E-state index in [4.69, 9.17) is 10.6 Å². The van der Waals surface area contributed by atoms with E-state index < -0.39 is 0 Å². The molecule has 5 heteroatoms. The molecule has 1 heterocycles. The van der Waals surface area contributed by atoms with E-state index >= 15 is 0 Å². The minimum atomic E-state index is -0.0820. The molecule has 1 aromatic heterocycles. The van der Waals surface area contributed by atoms with Crippen molar-refractivity contribution in [3.8, 4) is 5.75 Å². The summed E-state index contributed by atoms with van der Waals surface area (Å²) >= 11 is 0. The average molecular weight is 274 g/mol. The van der Waals surface area contributed by atoms with Gasteiger partial charge in [0.1, 0.15) is 5.75 Å². The fourth-order valence-electron chi connectivity index (χ4n) is 2.23. The van der Waals surface area contributed by atoms with Gasteiger partial charge in [0.15, 0.2) is 0 Å². The van der Waals surface area contributed by atoms with Crippen LogP contribution in [0.3, 0.4) is 0 Å². The largest absolute Gasteiger partial charge is 0.494 e. The van der Waals surface area contributed by atoms with Crippen molar-refractivity contribution in [3.05, 3.63) is 47.3 Å². The molecule has 2 aromatic rings. The zero-order valence-corrected chi connectivity index (χ0v) is 12.3. The van der Waals surface area contributed by atoms with Crippen LogP contribution < -0.4 is 16.0 Å². The highest BCUT2D eigenvalue weighted by Gasteiger charge is 2.16. The van der Waals surface area contributed by atoms with Gasteiger partial charge < -0.3 is 4.74 Å². The first-order valence-corrected chi connectivity index (χ1v) is 6.85. The Kier molecular flexibility index (Phi) is 4.76. The van der Waals surface area contributed by atoms with Gasteiger partial charge in [-0.25, -0.2) is 5.43 Å². The third-order valence-electron chi connectivity index (χ3n) is 3.19. The normalized spacial score (nSPS) is 12.4. The smallest absolute Gasteiger partial charge is 0.119 e. The van der Waals surface area contributed by atoms with Crippen LogP contribution in [0.15, 0.2) is 30.3 Å². The first-order chi connectivity index (χ1) is 9.65. The van der Waals surface area contributed by atoms with Gasteiger partial charge in [0.05, 0.1) is 24.0 Å². The topological polar surface area (TPSA) is 65.1 Å². The number of ether oxygens (including phenoxy) is 1. The summed E-state index contributed by atoms with van der Waals surface area (Å²) in [5, 5.41) is 4.36. The zero-order valence-electron chi connectivity index (χ0n) is 12.3. The highest BCUT2D eigenvalue weighted by atomic mass is 16.5. The summed E-state index contributed by atoms with van der Waals surface area (Å²) in [4.78, 5) is 0. The summed E-state index contributed by atoms with van der Waals surface area (Å²) in [6, 6.07) is 9.94. The molecule has 20 heavy (non-hydrogen) atoms. The van der Waals surface area contributed by atoms with E-state index in [1.54, 1.807) is 0 Å². The van der Waals surface area contributed by atoms with Crippen LogP contribution in [0.1, 0.15) is 36.3 Å². The lowest BCUT2D eigenvalue weighted by atomic mass is 10.0. The number of nitrogens with one attached hydrogen (secondary N) is 1. The second-order valence-corrected chi connectivity index (χ2v) is 4.85. The average Bonchev–Trinajstić information content (AvgIpc) is 2.78. The fraction of sp³-hybridized carbons (Fsp3) is 0.400. The van der Waals surface area contributed by atoms with Crippen molar-refractivity contribution in [2.75, 3.05) is 6.61 Å². The Hall–Kier alpha value is -1.85. The molecule has 1 unspecified atom stereocenters. The molecule has 0 fully saturated rings. The lowest BCUT2D eigenvalue weighted by molar-refractivity contribution is 0.317. The monoisotopic (exact) mass is 274 g/mol. The highest BCUT2D eigenvalue weighted by molar-refractivity contribution is 5.33. The predicted molar refractivity (Wildman–Crippen MR) is 79.3 cm³/mol. The molecule has 0 saturated carbocycles. The van der Waals surface area contributed by atoms with Crippen molar-refractivity contribution < 1.29 is 4.74 Å². The number of hydrazine groups is 1. The molecular weight excluding hydrogens is 252 g/mol. The van der Waals surface area contributed by atoms with Crippen LogP contribution in [0, 0.1) is 6.92 Å². The van der Waals surface area contributed by atoms with Gasteiger partial charge in [-0.1, -0.05) is 19.1 Å². The Morgan fingerprint density at radius 3 is 2.55 bits per heavy atom. The molecule has 0 aliphatic rings. The van der Waals surface area contributed by atoms with Gasteiger partial charge in [-0.15, -0.1) is 0 Å². The van der Waals surface area contributed by atoms with Crippen molar-refractivity contribution in [1.29, 1.82) is 0 Å². The number of hydrogen-bond acceptors (Lipinski definition) is 4. The van der Waals surface area contributed by atoms with Crippen molar-refractivity contribution in [2.45, 2.75) is 26.3 Å². The van der Waals surface area contributed by atoms with Gasteiger partial charge in [0, 0.05) is 7.05 Å². The highest BCUT2D eigenvalue weighted by Crippen LogP contribution is 2.23. The molecule has 0 aliphatic heterocycles. The van der Waals surface area contributed by atoms with E-state index in [0.717, 1.165) is 35.7 Å². The van der Waals surface area contributed by atoms with E-state index in [1.165, 1.54) is 0 Å².